The molecule has 1 atom stereocenters. The van der Waals surface area contributed by atoms with Gasteiger partial charge in [-0.05, 0) is 54.3 Å². The van der Waals surface area contributed by atoms with Crippen molar-refractivity contribution in [3.05, 3.63) is 83.9 Å². The number of hydrogen-bond acceptors (Lipinski definition) is 7. The number of hydrogen-bond donors (Lipinski definition) is 0. The van der Waals surface area contributed by atoms with E-state index in [1.165, 1.54) is 30.0 Å². The molecule has 0 aliphatic carbocycles. The van der Waals surface area contributed by atoms with Crippen molar-refractivity contribution in [3.63, 3.8) is 0 Å². The Morgan fingerprint density at radius 1 is 0.951 bits per heavy atom. The number of anilines is 2. The number of ether oxygens (including phenoxy) is 3. The molecule has 3 aromatic carbocycles. The van der Waals surface area contributed by atoms with Crippen LogP contribution < -0.4 is 9.80 Å². The number of carbonyl (C=O) groups is 3. The highest BCUT2D eigenvalue weighted by molar-refractivity contribution is 5.90. The third kappa shape index (κ3) is 6.65. The average molecular weight is 565 g/mol. The Labute approximate surface area is 236 Å². The summed E-state index contributed by atoms with van der Waals surface area (Å²) in [6, 6.07) is 18.3. The Kier molecular flexibility index (Phi) is 8.47. The summed E-state index contributed by atoms with van der Waals surface area (Å²) in [6.07, 6.45) is -0.226. The molecule has 8 nitrogen and oxygen atoms in total. The standard InChI is InChI=1S/C31H30F2N2O6/c1-20(36)39-19-25-17-35(31(38)41-25)24-8-9-26(27(32)16-24)23-7-10-29(28(33)15-23)34-13-11-22(12-14-34)30(37)40-18-21-5-3-2-4-6-21/h2-10,15-16,22,25H,11-14,17-19H2,1H3/t25-/m1/s1. The molecule has 5 rings (SSSR count). The third-order valence-corrected chi connectivity index (χ3v) is 7.26. The summed E-state index contributed by atoms with van der Waals surface area (Å²) in [5.41, 5.74) is 2.13. The molecule has 10 heteroatoms. The molecule has 2 aliphatic rings. The van der Waals surface area contributed by atoms with Crippen LogP contribution in [0.4, 0.5) is 25.0 Å². The maximum Gasteiger partial charge on any atom is 0.414 e. The van der Waals surface area contributed by atoms with Gasteiger partial charge in [0.25, 0.3) is 0 Å². The van der Waals surface area contributed by atoms with E-state index >= 15 is 8.78 Å². The first-order valence-corrected chi connectivity index (χ1v) is 13.4. The Bertz CT molecular complexity index is 1430. The van der Waals surface area contributed by atoms with Crippen molar-refractivity contribution >= 4 is 29.4 Å². The number of rotatable bonds is 8. The number of benzene rings is 3. The van der Waals surface area contributed by atoms with Crippen LogP contribution >= 0.6 is 0 Å². The lowest BCUT2D eigenvalue weighted by Gasteiger charge is -2.33. The fourth-order valence-electron chi connectivity index (χ4n) is 5.07. The number of amides is 1. The predicted molar refractivity (Wildman–Crippen MR) is 147 cm³/mol. The third-order valence-electron chi connectivity index (χ3n) is 7.26. The maximum atomic E-state index is 15.2. The van der Waals surface area contributed by atoms with Crippen LogP contribution in [0.1, 0.15) is 25.3 Å². The van der Waals surface area contributed by atoms with E-state index in [0.717, 1.165) is 5.56 Å². The smallest absolute Gasteiger partial charge is 0.414 e. The first kappa shape index (κ1) is 28.1. The highest BCUT2D eigenvalue weighted by Gasteiger charge is 2.33. The lowest BCUT2D eigenvalue weighted by atomic mass is 9.96. The topological polar surface area (TPSA) is 85.4 Å². The van der Waals surface area contributed by atoms with Crippen molar-refractivity contribution in [2.75, 3.05) is 36.0 Å². The van der Waals surface area contributed by atoms with Crippen LogP contribution in [0, 0.1) is 17.6 Å². The maximum absolute atomic E-state index is 15.2. The second kappa shape index (κ2) is 12.4. The normalized spacial score (nSPS) is 17.3. The van der Waals surface area contributed by atoms with Crippen molar-refractivity contribution in [2.24, 2.45) is 5.92 Å². The number of halogens is 2. The summed E-state index contributed by atoms with van der Waals surface area (Å²) in [6.45, 7) is 2.50. The van der Waals surface area contributed by atoms with E-state index in [9.17, 15) is 14.4 Å². The van der Waals surface area contributed by atoms with Gasteiger partial charge in [0, 0.05) is 25.6 Å². The first-order valence-electron chi connectivity index (χ1n) is 13.4. The predicted octanol–water partition coefficient (Wildman–Crippen LogP) is 5.48. The monoisotopic (exact) mass is 564 g/mol. The fraction of sp³-hybridized carbons (Fsp3) is 0.323. The summed E-state index contributed by atoms with van der Waals surface area (Å²) in [5.74, 6) is -2.09. The van der Waals surface area contributed by atoms with Crippen LogP contribution in [0.3, 0.4) is 0 Å². The minimum Gasteiger partial charge on any atom is -0.462 e. The van der Waals surface area contributed by atoms with Crippen molar-refractivity contribution in [2.45, 2.75) is 32.5 Å². The molecule has 0 N–H and O–H groups in total. The molecule has 3 aromatic rings. The SMILES string of the molecule is CC(=O)OC[C@H]1CN(c2ccc(-c3ccc(N4CCC(C(=O)OCc5ccccc5)CC4)c(F)c3)c(F)c2)C(=O)O1. The molecule has 0 saturated carbocycles. The van der Waals surface area contributed by atoms with Gasteiger partial charge >= 0.3 is 18.0 Å². The molecule has 1 amide bonds. The fourth-order valence-corrected chi connectivity index (χ4v) is 5.07. The van der Waals surface area contributed by atoms with Gasteiger partial charge in [-0.1, -0.05) is 36.4 Å². The highest BCUT2D eigenvalue weighted by Crippen LogP contribution is 2.33. The number of cyclic esters (lactones) is 1. The molecular weight excluding hydrogens is 534 g/mol. The summed E-state index contributed by atoms with van der Waals surface area (Å²) >= 11 is 0. The molecule has 41 heavy (non-hydrogen) atoms. The van der Waals surface area contributed by atoms with E-state index in [0.29, 0.717) is 37.2 Å². The van der Waals surface area contributed by atoms with Crippen LogP contribution in [0.15, 0.2) is 66.7 Å². The molecule has 0 spiro atoms. The van der Waals surface area contributed by atoms with E-state index in [2.05, 4.69) is 0 Å². The van der Waals surface area contributed by atoms with Gasteiger partial charge in [-0.15, -0.1) is 0 Å². The van der Waals surface area contributed by atoms with E-state index in [1.807, 2.05) is 35.2 Å². The van der Waals surface area contributed by atoms with Crippen molar-refractivity contribution in [1.82, 2.24) is 0 Å². The number of nitrogens with zero attached hydrogens (tertiary/aromatic N) is 2. The van der Waals surface area contributed by atoms with Gasteiger partial charge in [-0.2, -0.15) is 0 Å². The zero-order valence-electron chi connectivity index (χ0n) is 22.6. The van der Waals surface area contributed by atoms with Gasteiger partial charge < -0.3 is 19.1 Å². The van der Waals surface area contributed by atoms with Crippen molar-refractivity contribution in [1.29, 1.82) is 0 Å². The largest absolute Gasteiger partial charge is 0.462 e. The minimum absolute atomic E-state index is 0.0835. The zero-order chi connectivity index (χ0) is 28.9. The van der Waals surface area contributed by atoms with Gasteiger partial charge in [0.05, 0.1) is 23.8 Å². The van der Waals surface area contributed by atoms with Crippen molar-refractivity contribution < 1.29 is 37.4 Å². The second-order valence-electron chi connectivity index (χ2n) is 10.1. The highest BCUT2D eigenvalue weighted by atomic mass is 19.1. The zero-order valence-corrected chi connectivity index (χ0v) is 22.6. The Morgan fingerprint density at radius 2 is 1.71 bits per heavy atom. The molecule has 0 radical (unpaired) electrons. The van der Waals surface area contributed by atoms with Gasteiger partial charge in [-0.25, -0.2) is 13.6 Å². The molecular formula is C31H30F2N2O6. The molecule has 0 unspecified atom stereocenters. The molecule has 214 valence electrons. The van der Waals surface area contributed by atoms with Crippen LogP contribution in [0.25, 0.3) is 11.1 Å². The van der Waals surface area contributed by atoms with Crippen LogP contribution in [0.5, 0.6) is 0 Å². The van der Waals surface area contributed by atoms with Gasteiger partial charge in [0.1, 0.15) is 24.8 Å². The summed E-state index contributed by atoms with van der Waals surface area (Å²) < 4.78 is 45.9. The van der Waals surface area contributed by atoms with E-state index in [-0.39, 0.29) is 42.9 Å². The van der Waals surface area contributed by atoms with E-state index in [1.54, 1.807) is 18.2 Å². The van der Waals surface area contributed by atoms with Gasteiger partial charge in [-0.3, -0.25) is 14.5 Å². The lowest BCUT2D eigenvalue weighted by Crippen LogP contribution is -2.37. The second-order valence-corrected chi connectivity index (χ2v) is 10.1. The molecule has 2 fully saturated rings. The molecule has 2 saturated heterocycles. The first-order chi connectivity index (χ1) is 19.8. The van der Waals surface area contributed by atoms with Crippen LogP contribution in [-0.2, 0) is 30.4 Å². The van der Waals surface area contributed by atoms with Crippen LogP contribution in [0.2, 0.25) is 0 Å². The quantitative estimate of drug-likeness (QED) is 0.265. The molecule has 0 bridgehead atoms. The van der Waals surface area contributed by atoms with Crippen molar-refractivity contribution in [3.8, 4) is 11.1 Å². The summed E-state index contributed by atoms with van der Waals surface area (Å²) in [4.78, 5) is 38.9. The average Bonchev–Trinajstić information content (AvgIpc) is 3.35. The molecule has 0 aromatic heterocycles. The number of carbonyl (C=O) groups excluding carboxylic acids is 3. The summed E-state index contributed by atoms with van der Waals surface area (Å²) in [7, 11) is 0. The molecule has 2 aliphatic heterocycles. The van der Waals surface area contributed by atoms with Gasteiger partial charge in [0.15, 0.2) is 6.10 Å². The number of esters is 2. The Hall–Kier alpha value is -4.47. The Balaban J connectivity index is 1.19. The Morgan fingerprint density at radius 3 is 2.39 bits per heavy atom. The van der Waals surface area contributed by atoms with Crippen LogP contribution in [-0.4, -0.2) is 50.4 Å². The van der Waals surface area contributed by atoms with Gasteiger partial charge in [0.2, 0.25) is 0 Å². The van der Waals surface area contributed by atoms with E-state index in [4.69, 9.17) is 14.2 Å². The summed E-state index contributed by atoms with van der Waals surface area (Å²) in [5, 5.41) is 0. The van der Waals surface area contributed by atoms with E-state index < -0.39 is 29.8 Å². The lowest BCUT2D eigenvalue weighted by molar-refractivity contribution is -0.150. The molecule has 2 heterocycles. The number of piperidine rings is 1. The minimum atomic E-state index is -0.669.